The normalized spacial score (nSPS) is 15.0. The smallest absolute Gasteiger partial charge is 0.322 e. The molecule has 0 spiro atoms. The van der Waals surface area contributed by atoms with Gasteiger partial charge in [-0.05, 0) is 41.3 Å². The van der Waals surface area contributed by atoms with Crippen molar-refractivity contribution in [1.82, 2.24) is 4.90 Å². The molecule has 0 bridgehead atoms. The van der Waals surface area contributed by atoms with Gasteiger partial charge in [-0.1, -0.05) is 18.2 Å². The Labute approximate surface area is 140 Å². The zero-order valence-electron chi connectivity index (χ0n) is 13.2. The fraction of sp³-hybridized carbons (Fsp3) is 0.263. The van der Waals surface area contributed by atoms with Gasteiger partial charge in [0.25, 0.3) is 0 Å². The predicted octanol–water partition coefficient (Wildman–Crippen LogP) is 3.08. The van der Waals surface area contributed by atoms with Gasteiger partial charge in [0.1, 0.15) is 5.75 Å². The molecule has 120 valence electrons. The molecule has 0 saturated heterocycles. The quantitative estimate of drug-likeness (QED) is 0.878. The Kier molecular flexibility index (Phi) is 3.58. The predicted molar refractivity (Wildman–Crippen MR) is 89.9 cm³/mol. The Bertz CT molecular complexity index is 854. The number of anilines is 1. The fourth-order valence-corrected chi connectivity index (χ4v) is 3.30. The maximum absolute atomic E-state index is 12.6. The molecular weight excluding hydrogens is 302 g/mol. The van der Waals surface area contributed by atoms with Crippen LogP contribution in [0.4, 0.5) is 10.5 Å². The molecule has 0 saturated carbocycles. The number of nitrogens with zero attached hydrogens (tertiary/aromatic N) is 2. The molecule has 0 atom stereocenters. The summed E-state index contributed by atoms with van der Waals surface area (Å²) in [5.41, 5.74) is 4.80. The number of benzene rings is 2. The van der Waals surface area contributed by atoms with Gasteiger partial charge in [0.05, 0.1) is 23.9 Å². The van der Waals surface area contributed by atoms with Gasteiger partial charge in [-0.2, -0.15) is 5.26 Å². The van der Waals surface area contributed by atoms with Crippen molar-refractivity contribution >= 4 is 11.7 Å². The minimum absolute atomic E-state index is 0.117. The molecule has 2 aliphatic rings. The maximum atomic E-state index is 12.6. The number of amides is 2. The number of carbonyl (C=O) groups excluding carboxylic acids is 1. The summed E-state index contributed by atoms with van der Waals surface area (Å²) in [5.74, 6) is 0.793. The van der Waals surface area contributed by atoms with Crippen molar-refractivity contribution in [2.45, 2.75) is 19.4 Å². The summed E-state index contributed by atoms with van der Waals surface area (Å²) in [6.07, 6.45) is 1.65. The number of fused-ring (bicyclic) bond motifs is 2. The Balaban J connectivity index is 1.50. The van der Waals surface area contributed by atoms with Gasteiger partial charge in [0.2, 0.25) is 0 Å². The van der Waals surface area contributed by atoms with E-state index in [2.05, 4.69) is 11.4 Å². The number of hydrogen-bond donors (Lipinski definition) is 1. The van der Waals surface area contributed by atoms with Crippen LogP contribution in [-0.4, -0.2) is 24.1 Å². The summed E-state index contributed by atoms with van der Waals surface area (Å²) in [7, 11) is 0. The number of hydrogen-bond acceptors (Lipinski definition) is 3. The van der Waals surface area contributed by atoms with E-state index >= 15 is 0 Å². The number of rotatable bonds is 1. The first-order valence-corrected chi connectivity index (χ1v) is 8.07. The second kappa shape index (κ2) is 5.89. The first-order chi connectivity index (χ1) is 11.7. The SMILES string of the molecule is N#Cc1ccc2c(c1)CCN(C(=O)Nc1cccc3c1OCC3)C2. The minimum atomic E-state index is -0.117. The molecule has 0 unspecified atom stereocenters. The van der Waals surface area contributed by atoms with Crippen LogP contribution in [0.3, 0.4) is 0 Å². The molecule has 0 fully saturated rings. The lowest BCUT2D eigenvalue weighted by Crippen LogP contribution is -2.38. The van der Waals surface area contributed by atoms with Gasteiger partial charge in [0, 0.05) is 19.5 Å². The van der Waals surface area contributed by atoms with E-state index in [9.17, 15) is 4.79 Å². The van der Waals surface area contributed by atoms with E-state index in [-0.39, 0.29) is 6.03 Å². The molecule has 2 aromatic carbocycles. The molecule has 0 aliphatic carbocycles. The zero-order chi connectivity index (χ0) is 16.5. The van der Waals surface area contributed by atoms with E-state index in [1.807, 2.05) is 30.3 Å². The number of ether oxygens (including phenoxy) is 1. The summed E-state index contributed by atoms with van der Waals surface area (Å²) in [6.45, 7) is 1.87. The van der Waals surface area contributed by atoms with Crippen LogP contribution >= 0.6 is 0 Å². The molecule has 2 aliphatic heterocycles. The third-order valence-corrected chi connectivity index (χ3v) is 4.59. The van der Waals surface area contributed by atoms with E-state index in [0.29, 0.717) is 25.3 Å². The lowest BCUT2D eigenvalue weighted by molar-refractivity contribution is 0.206. The van der Waals surface area contributed by atoms with Crippen LogP contribution in [0.2, 0.25) is 0 Å². The van der Waals surface area contributed by atoms with Crippen LogP contribution in [0.5, 0.6) is 5.75 Å². The van der Waals surface area contributed by atoms with Gasteiger partial charge < -0.3 is 15.0 Å². The molecule has 2 aromatic rings. The summed E-state index contributed by atoms with van der Waals surface area (Å²) >= 11 is 0. The van der Waals surface area contributed by atoms with Crippen molar-refractivity contribution < 1.29 is 9.53 Å². The minimum Gasteiger partial charge on any atom is -0.491 e. The third-order valence-electron chi connectivity index (χ3n) is 4.59. The number of para-hydroxylation sites is 1. The summed E-state index contributed by atoms with van der Waals surface area (Å²) in [5, 5.41) is 12.0. The number of carbonyl (C=O) groups is 1. The lowest BCUT2D eigenvalue weighted by atomic mass is 9.98. The third kappa shape index (κ3) is 2.56. The molecule has 0 radical (unpaired) electrons. The van der Waals surface area contributed by atoms with Crippen LogP contribution in [0, 0.1) is 11.3 Å². The Morgan fingerprint density at radius 1 is 1.17 bits per heavy atom. The molecule has 2 amide bonds. The molecule has 0 aromatic heterocycles. The lowest BCUT2D eigenvalue weighted by Gasteiger charge is -2.29. The highest BCUT2D eigenvalue weighted by Crippen LogP contribution is 2.33. The topological polar surface area (TPSA) is 65.4 Å². The Morgan fingerprint density at radius 3 is 2.96 bits per heavy atom. The van der Waals surface area contributed by atoms with Crippen molar-refractivity contribution in [3.63, 3.8) is 0 Å². The van der Waals surface area contributed by atoms with Crippen LogP contribution < -0.4 is 10.1 Å². The molecule has 5 heteroatoms. The summed E-state index contributed by atoms with van der Waals surface area (Å²) in [6, 6.07) is 13.6. The largest absolute Gasteiger partial charge is 0.491 e. The first kappa shape index (κ1) is 14.6. The zero-order valence-corrected chi connectivity index (χ0v) is 13.2. The van der Waals surface area contributed by atoms with Gasteiger partial charge in [0.15, 0.2) is 0 Å². The average Bonchev–Trinajstić information content (AvgIpc) is 3.10. The fourth-order valence-electron chi connectivity index (χ4n) is 3.30. The highest BCUT2D eigenvalue weighted by atomic mass is 16.5. The van der Waals surface area contributed by atoms with E-state index < -0.39 is 0 Å². The van der Waals surface area contributed by atoms with Crippen LogP contribution in [0.1, 0.15) is 22.3 Å². The van der Waals surface area contributed by atoms with Crippen molar-refractivity contribution in [3.05, 3.63) is 58.7 Å². The standard InChI is InChI=1S/C19H17N3O2/c20-11-13-4-5-16-12-22(8-6-15(16)10-13)19(23)21-17-3-1-2-14-7-9-24-18(14)17/h1-5,10H,6-9,12H2,(H,21,23). The number of nitrogens with one attached hydrogen (secondary N) is 1. The van der Waals surface area contributed by atoms with Crippen molar-refractivity contribution in [2.75, 3.05) is 18.5 Å². The van der Waals surface area contributed by atoms with Crippen LogP contribution in [0.15, 0.2) is 36.4 Å². The number of nitriles is 1. The van der Waals surface area contributed by atoms with E-state index in [0.717, 1.165) is 41.0 Å². The Hall–Kier alpha value is -3.00. The summed E-state index contributed by atoms with van der Waals surface area (Å²) < 4.78 is 5.64. The second-order valence-corrected chi connectivity index (χ2v) is 6.09. The van der Waals surface area contributed by atoms with Crippen LogP contribution in [-0.2, 0) is 19.4 Å². The van der Waals surface area contributed by atoms with Crippen molar-refractivity contribution in [2.24, 2.45) is 0 Å². The number of urea groups is 1. The van der Waals surface area contributed by atoms with E-state index in [1.165, 1.54) is 0 Å². The summed E-state index contributed by atoms with van der Waals surface area (Å²) in [4.78, 5) is 14.4. The van der Waals surface area contributed by atoms with Gasteiger partial charge >= 0.3 is 6.03 Å². The van der Waals surface area contributed by atoms with E-state index in [4.69, 9.17) is 10.00 Å². The highest BCUT2D eigenvalue weighted by molar-refractivity contribution is 5.91. The van der Waals surface area contributed by atoms with Gasteiger partial charge in [-0.25, -0.2) is 4.79 Å². The molecule has 4 rings (SSSR count). The molecule has 24 heavy (non-hydrogen) atoms. The monoisotopic (exact) mass is 319 g/mol. The molecule has 1 N–H and O–H groups in total. The average molecular weight is 319 g/mol. The van der Waals surface area contributed by atoms with Crippen molar-refractivity contribution in [1.29, 1.82) is 5.26 Å². The van der Waals surface area contributed by atoms with Gasteiger partial charge in [-0.15, -0.1) is 0 Å². The van der Waals surface area contributed by atoms with Gasteiger partial charge in [-0.3, -0.25) is 0 Å². The Morgan fingerprint density at radius 2 is 2.08 bits per heavy atom. The van der Waals surface area contributed by atoms with Crippen molar-refractivity contribution in [3.8, 4) is 11.8 Å². The van der Waals surface area contributed by atoms with E-state index in [1.54, 1.807) is 11.0 Å². The molecular formula is C19H17N3O2. The maximum Gasteiger partial charge on any atom is 0.322 e. The second-order valence-electron chi connectivity index (χ2n) is 6.09. The highest BCUT2D eigenvalue weighted by Gasteiger charge is 2.23. The molecule has 5 nitrogen and oxygen atoms in total. The van der Waals surface area contributed by atoms with Crippen LogP contribution in [0.25, 0.3) is 0 Å². The first-order valence-electron chi connectivity index (χ1n) is 8.07. The molecule has 2 heterocycles.